The van der Waals surface area contributed by atoms with Gasteiger partial charge in [-0.15, -0.1) is 0 Å². The summed E-state index contributed by atoms with van der Waals surface area (Å²) in [6.07, 6.45) is 4.38. The first-order valence-electron chi connectivity index (χ1n) is 11.1. The van der Waals surface area contributed by atoms with Gasteiger partial charge in [-0.3, -0.25) is 0 Å². The molecule has 0 atom stereocenters. The maximum Gasteiger partial charge on any atom is 0.407 e. The van der Waals surface area contributed by atoms with Gasteiger partial charge in [-0.25, -0.2) is 0 Å². The second-order valence-corrected chi connectivity index (χ2v) is 10.4. The molecule has 0 aliphatic rings. The van der Waals surface area contributed by atoms with E-state index in [1.54, 1.807) is 0 Å². The lowest BCUT2D eigenvalue weighted by molar-refractivity contribution is 0.186. The van der Waals surface area contributed by atoms with Gasteiger partial charge >= 0.3 is 8.56 Å². The van der Waals surface area contributed by atoms with Crippen LogP contribution in [0.5, 0.6) is 0 Å². The number of aryl methyl sites for hydroxylation is 1. The lowest BCUT2D eigenvalue weighted by Crippen LogP contribution is -2.63. The Hall–Kier alpha value is -2.20. The molecule has 0 amide bonds. The highest BCUT2D eigenvalue weighted by Crippen LogP contribution is 2.12. The van der Waals surface area contributed by atoms with E-state index in [1.165, 1.54) is 15.9 Å². The average Bonchev–Trinajstić information content (AvgIpc) is 2.80. The molecule has 30 heavy (non-hydrogen) atoms. The van der Waals surface area contributed by atoms with Gasteiger partial charge in [0.2, 0.25) is 0 Å². The lowest BCUT2D eigenvalue weighted by atomic mass is 10.2. The van der Waals surface area contributed by atoms with Crippen LogP contribution in [-0.2, 0) is 8.85 Å². The highest BCUT2D eigenvalue weighted by atomic mass is 28.4. The van der Waals surface area contributed by atoms with Gasteiger partial charge in [0.05, 0.1) is 0 Å². The molecule has 0 saturated carbocycles. The van der Waals surface area contributed by atoms with E-state index in [4.69, 9.17) is 8.85 Å². The van der Waals surface area contributed by atoms with Crippen LogP contribution in [-0.4, -0.2) is 21.8 Å². The molecule has 3 heteroatoms. The SMILES string of the molecule is CCCCO[Si](OCCCC)(c1ccccc1)c1ccccc1.Cc1ccccc1. The van der Waals surface area contributed by atoms with E-state index in [0.29, 0.717) is 0 Å². The molecule has 0 spiro atoms. The van der Waals surface area contributed by atoms with Crippen molar-refractivity contribution in [2.24, 2.45) is 0 Å². The summed E-state index contributed by atoms with van der Waals surface area (Å²) in [6.45, 7) is 7.96. The highest BCUT2D eigenvalue weighted by molar-refractivity contribution is 6.92. The number of hydrogen-bond donors (Lipinski definition) is 0. The number of rotatable bonds is 10. The van der Waals surface area contributed by atoms with Gasteiger partial charge < -0.3 is 8.85 Å². The molecule has 160 valence electrons. The van der Waals surface area contributed by atoms with Crippen molar-refractivity contribution in [1.29, 1.82) is 0 Å². The fourth-order valence-corrected chi connectivity index (χ4v) is 6.32. The first-order valence-corrected chi connectivity index (χ1v) is 12.9. The Morgan fingerprint density at radius 2 is 0.933 bits per heavy atom. The molecule has 0 N–H and O–H groups in total. The molecule has 0 bridgehead atoms. The molecule has 0 saturated heterocycles. The van der Waals surface area contributed by atoms with E-state index in [2.05, 4.69) is 81.4 Å². The second-order valence-electron chi connectivity index (χ2n) is 7.41. The lowest BCUT2D eigenvalue weighted by Gasteiger charge is -2.31. The molecule has 3 rings (SSSR count). The summed E-state index contributed by atoms with van der Waals surface area (Å²) in [7, 11) is -2.62. The van der Waals surface area contributed by atoms with Gasteiger partial charge in [-0.2, -0.15) is 0 Å². The van der Waals surface area contributed by atoms with Gasteiger partial charge in [-0.1, -0.05) is 123 Å². The molecule has 0 aliphatic carbocycles. The van der Waals surface area contributed by atoms with Crippen molar-refractivity contribution < 1.29 is 8.85 Å². The van der Waals surface area contributed by atoms with Crippen LogP contribution >= 0.6 is 0 Å². The maximum atomic E-state index is 6.51. The van der Waals surface area contributed by atoms with E-state index in [-0.39, 0.29) is 0 Å². The van der Waals surface area contributed by atoms with E-state index in [0.717, 1.165) is 38.9 Å². The molecule has 3 aromatic rings. The predicted octanol–water partition coefficient (Wildman–Crippen LogP) is 5.87. The third-order valence-corrected chi connectivity index (χ3v) is 8.26. The van der Waals surface area contributed by atoms with Crippen molar-refractivity contribution in [3.8, 4) is 0 Å². The van der Waals surface area contributed by atoms with Crippen molar-refractivity contribution in [2.45, 2.75) is 46.5 Å². The third-order valence-electron chi connectivity index (χ3n) is 4.85. The topological polar surface area (TPSA) is 18.5 Å². The summed E-state index contributed by atoms with van der Waals surface area (Å²) < 4.78 is 13.0. The summed E-state index contributed by atoms with van der Waals surface area (Å²) in [5.41, 5.74) is 1.32. The zero-order valence-corrected chi connectivity index (χ0v) is 19.7. The molecular weight excluding hydrogens is 384 g/mol. The molecule has 0 unspecified atom stereocenters. The van der Waals surface area contributed by atoms with E-state index >= 15 is 0 Å². The van der Waals surface area contributed by atoms with Crippen LogP contribution in [0.4, 0.5) is 0 Å². The smallest absolute Gasteiger partial charge is 0.388 e. The molecule has 0 radical (unpaired) electrons. The molecular formula is C27H36O2Si. The van der Waals surface area contributed by atoms with Crippen LogP contribution in [0.3, 0.4) is 0 Å². The zero-order valence-electron chi connectivity index (χ0n) is 18.7. The minimum absolute atomic E-state index is 0.749. The van der Waals surface area contributed by atoms with E-state index in [1.807, 2.05) is 30.3 Å². The molecule has 0 heterocycles. The minimum Gasteiger partial charge on any atom is -0.388 e. The fraction of sp³-hybridized carbons (Fsp3) is 0.333. The zero-order chi connectivity index (χ0) is 21.5. The Morgan fingerprint density at radius 3 is 1.23 bits per heavy atom. The van der Waals surface area contributed by atoms with Gasteiger partial charge in [0.15, 0.2) is 0 Å². The minimum atomic E-state index is -2.62. The van der Waals surface area contributed by atoms with Crippen LogP contribution in [0.25, 0.3) is 0 Å². The van der Waals surface area contributed by atoms with Gasteiger partial charge in [0.1, 0.15) is 0 Å². The van der Waals surface area contributed by atoms with Crippen LogP contribution in [0.2, 0.25) is 0 Å². The second kappa shape index (κ2) is 13.9. The predicted molar refractivity (Wildman–Crippen MR) is 131 cm³/mol. The Labute approximate surface area is 184 Å². The standard InChI is InChI=1S/C20H28O2Si.C7H8/c1-3-5-17-21-23(22-18-6-4-2,19-13-9-7-10-14-19)20-15-11-8-12-16-20;1-7-5-3-2-4-6-7/h7-16H,3-6,17-18H2,1-2H3;2-6H,1H3. The van der Waals surface area contributed by atoms with E-state index in [9.17, 15) is 0 Å². The Kier molecular flexibility index (Phi) is 11.2. The summed E-state index contributed by atoms with van der Waals surface area (Å²) in [5.74, 6) is 0. The Balaban J connectivity index is 0.000000386. The molecule has 3 aromatic carbocycles. The van der Waals surface area contributed by atoms with Crippen LogP contribution in [0.15, 0.2) is 91.0 Å². The van der Waals surface area contributed by atoms with Crippen molar-refractivity contribution in [2.75, 3.05) is 13.2 Å². The average molecular weight is 421 g/mol. The quantitative estimate of drug-likeness (QED) is 0.302. The molecule has 0 aliphatic heterocycles. The fourth-order valence-electron chi connectivity index (χ4n) is 3.11. The number of hydrogen-bond acceptors (Lipinski definition) is 2. The summed E-state index contributed by atoms with van der Waals surface area (Å²) in [4.78, 5) is 0. The Bertz CT molecular complexity index is 739. The van der Waals surface area contributed by atoms with Crippen LogP contribution in [0.1, 0.15) is 45.1 Å². The molecule has 0 fully saturated rings. The Morgan fingerprint density at radius 1 is 0.567 bits per heavy atom. The van der Waals surface area contributed by atoms with Crippen molar-refractivity contribution in [3.63, 3.8) is 0 Å². The van der Waals surface area contributed by atoms with Crippen molar-refractivity contribution in [1.82, 2.24) is 0 Å². The first-order chi connectivity index (χ1) is 14.7. The summed E-state index contributed by atoms with van der Waals surface area (Å²) in [5, 5.41) is 2.39. The highest BCUT2D eigenvalue weighted by Gasteiger charge is 2.42. The van der Waals surface area contributed by atoms with E-state index < -0.39 is 8.56 Å². The molecule has 0 aromatic heterocycles. The monoisotopic (exact) mass is 420 g/mol. The van der Waals surface area contributed by atoms with Gasteiger partial charge in [0.25, 0.3) is 0 Å². The normalized spacial score (nSPS) is 10.9. The van der Waals surface area contributed by atoms with Crippen LogP contribution < -0.4 is 10.4 Å². The summed E-state index contributed by atoms with van der Waals surface area (Å²) >= 11 is 0. The summed E-state index contributed by atoms with van der Waals surface area (Å²) in [6, 6.07) is 31.3. The molecule has 2 nitrogen and oxygen atoms in total. The van der Waals surface area contributed by atoms with Crippen LogP contribution in [0, 0.1) is 6.92 Å². The van der Waals surface area contributed by atoms with Crippen molar-refractivity contribution >= 4 is 18.9 Å². The third kappa shape index (κ3) is 7.56. The number of unbranched alkanes of at least 4 members (excludes halogenated alkanes) is 2. The van der Waals surface area contributed by atoms with Gasteiger partial charge in [0, 0.05) is 13.2 Å². The maximum absolute atomic E-state index is 6.51. The van der Waals surface area contributed by atoms with Gasteiger partial charge in [-0.05, 0) is 30.1 Å². The largest absolute Gasteiger partial charge is 0.407 e. The van der Waals surface area contributed by atoms with Crippen molar-refractivity contribution in [3.05, 3.63) is 96.6 Å². The first kappa shape index (κ1) is 24.1. The number of benzene rings is 3.